The molecular formula is C11H12F4. The van der Waals surface area contributed by atoms with Crippen LogP contribution in [-0.4, -0.2) is 0 Å². The van der Waals surface area contributed by atoms with E-state index in [0.717, 1.165) is 12.1 Å². The van der Waals surface area contributed by atoms with Gasteiger partial charge in [0.2, 0.25) is 0 Å². The second-order valence-electron chi connectivity index (χ2n) is 4.41. The molecule has 0 spiro atoms. The zero-order valence-electron chi connectivity index (χ0n) is 8.74. The maximum atomic E-state index is 13.0. The van der Waals surface area contributed by atoms with Gasteiger partial charge in [0.15, 0.2) is 11.6 Å². The molecule has 15 heavy (non-hydrogen) atoms. The van der Waals surface area contributed by atoms with Crippen molar-refractivity contribution in [2.75, 3.05) is 0 Å². The molecule has 0 aliphatic rings. The summed E-state index contributed by atoms with van der Waals surface area (Å²) >= 11 is 0. The summed E-state index contributed by atoms with van der Waals surface area (Å²) in [5.74, 6) is -2.68. The average molecular weight is 220 g/mol. The molecule has 1 aromatic rings. The summed E-state index contributed by atoms with van der Waals surface area (Å²) < 4.78 is 50.7. The third kappa shape index (κ3) is 2.49. The van der Waals surface area contributed by atoms with Crippen molar-refractivity contribution in [2.24, 2.45) is 0 Å². The SMILES string of the molecule is CC(C)(C)c1cc(F)c(F)c(C(F)F)c1. The summed E-state index contributed by atoms with van der Waals surface area (Å²) in [6.45, 7) is 5.23. The fourth-order valence-electron chi connectivity index (χ4n) is 1.20. The van der Waals surface area contributed by atoms with Crippen molar-refractivity contribution >= 4 is 0 Å². The van der Waals surface area contributed by atoms with Crippen LogP contribution in [0.4, 0.5) is 17.6 Å². The molecule has 0 saturated heterocycles. The highest BCUT2D eigenvalue weighted by molar-refractivity contribution is 5.31. The molecule has 1 rings (SSSR count). The van der Waals surface area contributed by atoms with E-state index >= 15 is 0 Å². The van der Waals surface area contributed by atoms with Gasteiger partial charge < -0.3 is 0 Å². The van der Waals surface area contributed by atoms with Crippen LogP contribution < -0.4 is 0 Å². The third-order valence-electron chi connectivity index (χ3n) is 2.16. The Morgan fingerprint density at radius 1 is 1.07 bits per heavy atom. The first-order valence-corrected chi connectivity index (χ1v) is 4.51. The highest BCUT2D eigenvalue weighted by Gasteiger charge is 2.23. The summed E-state index contributed by atoms with van der Waals surface area (Å²) in [7, 11) is 0. The van der Waals surface area contributed by atoms with Gasteiger partial charge in [-0.1, -0.05) is 20.8 Å². The van der Waals surface area contributed by atoms with Gasteiger partial charge in [-0.05, 0) is 23.1 Å². The van der Waals surface area contributed by atoms with Crippen LogP contribution in [0.15, 0.2) is 12.1 Å². The molecule has 0 amide bonds. The quantitative estimate of drug-likeness (QED) is 0.622. The van der Waals surface area contributed by atoms with Crippen LogP contribution in [-0.2, 0) is 5.41 Å². The van der Waals surface area contributed by atoms with Gasteiger partial charge in [-0.25, -0.2) is 17.6 Å². The van der Waals surface area contributed by atoms with Crippen LogP contribution in [0.1, 0.15) is 38.3 Å². The van der Waals surface area contributed by atoms with Crippen molar-refractivity contribution in [3.05, 3.63) is 34.9 Å². The Kier molecular flexibility index (Phi) is 3.07. The minimum atomic E-state index is -3.00. The van der Waals surface area contributed by atoms with E-state index in [2.05, 4.69) is 0 Å². The zero-order valence-corrected chi connectivity index (χ0v) is 8.74. The van der Waals surface area contributed by atoms with E-state index in [0.29, 0.717) is 5.56 Å². The Labute approximate surface area is 85.9 Å². The van der Waals surface area contributed by atoms with Crippen LogP contribution in [0, 0.1) is 11.6 Å². The lowest BCUT2D eigenvalue weighted by atomic mass is 9.86. The van der Waals surface area contributed by atoms with E-state index in [-0.39, 0.29) is 0 Å². The predicted octanol–water partition coefficient (Wildman–Crippen LogP) is 4.20. The van der Waals surface area contributed by atoms with Crippen molar-refractivity contribution in [2.45, 2.75) is 32.6 Å². The second-order valence-corrected chi connectivity index (χ2v) is 4.41. The van der Waals surface area contributed by atoms with E-state index in [4.69, 9.17) is 0 Å². The van der Waals surface area contributed by atoms with Gasteiger partial charge in [-0.15, -0.1) is 0 Å². The minimum Gasteiger partial charge on any atom is -0.205 e. The van der Waals surface area contributed by atoms with Crippen molar-refractivity contribution in [1.82, 2.24) is 0 Å². The molecular weight excluding hydrogens is 208 g/mol. The molecule has 0 aliphatic heterocycles. The zero-order chi connectivity index (χ0) is 11.8. The highest BCUT2D eigenvalue weighted by atomic mass is 19.3. The van der Waals surface area contributed by atoms with Crippen LogP contribution >= 0.6 is 0 Å². The van der Waals surface area contributed by atoms with Crippen molar-refractivity contribution in [3.63, 3.8) is 0 Å². The lowest BCUT2D eigenvalue weighted by Crippen LogP contribution is -2.13. The van der Waals surface area contributed by atoms with E-state index in [1.54, 1.807) is 20.8 Å². The summed E-state index contributed by atoms with van der Waals surface area (Å²) in [5.41, 5.74) is -1.00. The van der Waals surface area contributed by atoms with E-state index < -0.39 is 29.0 Å². The monoisotopic (exact) mass is 220 g/mol. The third-order valence-corrected chi connectivity index (χ3v) is 2.16. The summed E-state index contributed by atoms with van der Waals surface area (Å²) in [5, 5.41) is 0. The number of hydrogen-bond donors (Lipinski definition) is 0. The molecule has 0 bridgehead atoms. The molecule has 84 valence electrons. The number of benzene rings is 1. The van der Waals surface area contributed by atoms with Crippen LogP contribution in [0.25, 0.3) is 0 Å². The molecule has 0 fully saturated rings. The fourth-order valence-corrected chi connectivity index (χ4v) is 1.20. The molecule has 0 radical (unpaired) electrons. The molecule has 0 aromatic heterocycles. The molecule has 0 aliphatic carbocycles. The molecule has 1 aromatic carbocycles. The van der Waals surface area contributed by atoms with Crippen molar-refractivity contribution in [3.8, 4) is 0 Å². The van der Waals surface area contributed by atoms with Crippen LogP contribution in [0.2, 0.25) is 0 Å². The van der Waals surface area contributed by atoms with Crippen LogP contribution in [0.5, 0.6) is 0 Å². The number of alkyl halides is 2. The number of rotatable bonds is 1. The Balaban J connectivity index is 3.36. The minimum absolute atomic E-state index is 0.358. The van der Waals surface area contributed by atoms with E-state index in [1.807, 2.05) is 0 Å². The van der Waals surface area contributed by atoms with Gasteiger partial charge >= 0.3 is 0 Å². The Morgan fingerprint density at radius 2 is 1.60 bits per heavy atom. The highest BCUT2D eigenvalue weighted by Crippen LogP contribution is 2.30. The van der Waals surface area contributed by atoms with Gasteiger partial charge in [-0.2, -0.15) is 0 Å². The second kappa shape index (κ2) is 3.83. The Bertz CT molecular complexity index is 364. The number of hydrogen-bond acceptors (Lipinski definition) is 0. The van der Waals surface area contributed by atoms with Gasteiger partial charge in [0, 0.05) is 0 Å². The standard InChI is InChI=1S/C11H12F4/c1-11(2,3)6-4-7(10(14)15)9(13)8(12)5-6/h4-5,10H,1-3H3. The van der Waals surface area contributed by atoms with Crippen molar-refractivity contribution in [1.29, 1.82) is 0 Å². The maximum absolute atomic E-state index is 13.0. The smallest absolute Gasteiger partial charge is 0.205 e. The molecule has 0 unspecified atom stereocenters. The molecule has 0 nitrogen and oxygen atoms in total. The Hall–Kier alpha value is -1.06. The summed E-state index contributed by atoms with van der Waals surface area (Å²) in [6.07, 6.45) is -3.00. The lowest BCUT2D eigenvalue weighted by molar-refractivity contribution is 0.145. The van der Waals surface area contributed by atoms with E-state index in [1.165, 1.54) is 0 Å². The molecule has 0 heterocycles. The molecule has 0 atom stereocenters. The lowest BCUT2D eigenvalue weighted by Gasteiger charge is -2.20. The Morgan fingerprint density at radius 3 is 2.00 bits per heavy atom. The topological polar surface area (TPSA) is 0 Å². The van der Waals surface area contributed by atoms with Gasteiger partial charge in [-0.3, -0.25) is 0 Å². The normalized spacial score (nSPS) is 12.3. The largest absolute Gasteiger partial charge is 0.266 e. The fraction of sp³-hybridized carbons (Fsp3) is 0.455. The molecule has 0 N–H and O–H groups in total. The van der Waals surface area contributed by atoms with Gasteiger partial charge in [0.05, 0.1) is 5.56 Å². The number of halogens is 4. The average Bonchev–Trinajstić information content (AvgIpc) is 2.06. The predicted molar refractivity (Wildman–Crippen MR) is 50.0 cm³/mol. The van der Waals surface area contributed by atoms with Crippen LogP contribution in [0.3, 0.4) is 0 Å². The van der Waals surface area contributed by atoms with Crippen molar-refractivity contribution < 1.29 is 17.6 Å². The summed E-state index contributed by atoms with van der Waals surface area (Å²) in [4.78, 5) is 0. The van der Waals surface area contributed by atoms with E-state index in [9.17, 15) is 17.6 Å². The molecule has 4 heteroatoms. The first kappa shape index (κ1) is 12.0. The first-order valence-electron chi connectivity index (χ1n) is 4.51. The molecule has 0 saturated carbocycles. The first-order chi connectivity index (χ1) is 6.73. The summed E-state index contributed by atoms with van der Waals surface area (Å²) in [6, 6.07) is 1.98. The maximum Gasteiger partial charge on any atom is 0.266 e. The van der Waals surface area contributed by atoms with Gasteiger partial charge in [0.1, 0.15) is 0 Å². The van der Waals surface area contributed by atoms with Gasteiger partial charge in [0.25, 0.3) is 6.43 Å².